The molecule has 3 nitrogen and oxygen atoms in total. The highest BCUT2D eigenvalue weighted by Crippen LogP contribution is 2.36. The lowest BCUT2D eigenvalue weighted by atomic mass is 10.1. The largest absolute Gasteiger partial charge is 0.312 e. The number of nitrogens with one attached hydrogen (secondary N) is 1. The Labute approximate surface area is 149 Å². The van der Waals surface area contributed by atoms with Gasteiger partial charge >= 0.3 is 0 Å². The van der Waals surface area contributed by atoms with Gasteiger partial charge in [0.1, 0.15) is 10.7 Å². The summed E-state index contributed by atoms with van der Waals surface area (Å²) < 4.78 is 0.927. The van der Waals surface area contributed by atoms with Gasteiger partial charge < -0.3 is 5.32 Å². The van der Waals surface area contributed by atoms with Gasteiger partial charge in [-0.15, -0.1) is 0 Å². The van der Waals surface area contributed by atoms with Crippen LogP contribution in [0.3, 0.4) is 0 Å². The predicted octanol–water partition coefficient (Wildman–Crippen LogP) is 5.18. The summed E-state index contributed by atoms with van der Waals surface area (Å²) >= 11 is 3.06. The fraction of sp³-hybridized carbons (Fsp3) is 0.0526. The fourth-order valence-corrected chi connectivity index (χ4v) is 3.64. The van der Waals surface area contributed by atoms with Crippen LogP contribution in [0, 0.1) is 0 Å². The molecule has 0 unspecified atom stereocenters. The predicted molar refractivity (Wildman–Crippen MR) is 103 cm³/mol. The molecule has 120 valence electrons. The number of rotatable bonds is 5. The molecule has 1 N–H and O–H groups in total. The summed E-state index contributed by atoms with van der Waals surface area (Å²) in [7, 11) is 0. The number of hydrogen-bond donors (Lipinski definition) is 1. The number of aromatic nitrogens is 1. The Morgan fingerprint density at radius 3 is 2.42 bits per heavy atom. The van der Waals surface area contributed by atoms with Crippen LogP contribution in [0.1, 0.15) is 5.56 Å². The molecule has 3 aromatic rings. The van der Waals surface area contributed by atoms with Crippen LogP contribution in [0.15, 0.2) is 71.1 Å². The van der Waals surface area contributed by atoms with Crippen LogP contribution in [-0.4, -0.2) is 17.1 Å². The SMILES string of the molecule is CSc1nc(-c2ccccc2)c(NC(=O)C=Cc2ccccc2)s1. The first-order valence-corrected chi connectivity index (χ1v) is 9.45. The van der Waals surface area contributed by atoms with Gasteiger partial charge in [-0.1, -0.05) is 83.8 Å². The van der Waals surface area contributed by atoms with Crippen LogP contribution in [0.5, 0.6) is 0 Å². The molecule has 24 heavy (non-hydrogen) atoms. The molecule has 0 fully saturated rings. The molecule has 2 aromatic carbocycles. The Morgan fingerprint density at radius 1 is 1.08 bits per heavy atom. The normalized spacial score (nSPS) is 10.9. The number of nitrogens with zero attached hydrogens (tertiary/aromatic N) is 1. The molecule has 0 aliphatic carbocycles. The van der Waals surface area contributed by atoms with Crippen molar-refractivity contribution in [3.05, 3.63) is 72.3 Å². The van der Waals surface area contributed by atoms with Crippen LogP contribution in [0.4, 0.5) is 5.00 Å². The minimum atomic E-state index is -0.160. The van der Waals surface area contributed by atoms with Crippen LogP contribution in [0.25, 0.3) is 17.3 Å². The number of carbonyl (C=O) groups is 1. The van der Waals surface area contributed by atoms with Crippen LogP contribution in [0.2, 0.25) is 0 Å². The highest BCUT2D eigenvalue weighted by atomic mass is 32.2. The van der Waals surface area contributed by atoms with Gasteiger partial charge in [0, 0.05) is 11.6 Å². The third-order valence-corrected chi connectivity index (χ3v) is 5.25. The number of thioether (sulfide) groups is 1. The minimum absolute atomic E-state index is 0.160. The maximum absolute atomic E-state index is 12.2. The van der Waals surface area contributed by atoms with Crippen molar-refractivity contribution in [3.8, 4) is 11.3 Å². The van der Waals surface area contributed by atoms with Crippen molar-refractivity contribution < 1.29 is 4.79 Å². The molecule has 0 aliphatic rings. The van der Waals surface area contributed by atoms with E-state index in [1.165, 1.54) is 11.3 Å². The monoisotopic (exact) mass is 352 g/mol. The number of amides is 1. The van der Waals surface area contributed by atoms with Crippen molar-refractivity contribution in [1.82, 2.24) is 4.98 Å². The number of anilines is 1. The first-order chi connectivity index (χ1) is 11.8. The molecule has 0 radical (unpaired) electrons. The summed E-state index contributed by atoms with van der Waals surface area (Å²) in [5.41, 5.74) is 2.80. The highest BCUT2D eigenvalue weighted by Gasteiger charge is 2.14. The summed E-state index contributed by atoms with van der Waals surface area (Å²) in [6, 6.07) is 19.6. The maximum Gasteiger partial charge on any atom is 0.249 e. The van der Waals surface area contributed by atoms with E-state index in [4.69, 9.17) is 0 Å². The van der Waals surface area contributed by atoms with Gasteiger partial charge in [0.05, 0.1) is 0 Å². The number of hydrogen-bond acceptors (Lipinski definition) is 4. The number of benzene rings is 2. The summed E-state index contributed by atoms with van der Waals surface area (Å²) in [6.45, 7) is 0. The fourth-order valence-electron chi connectivity index (χ4n) is 2.15. The molecule has 0 aliphatic heterocycles. The summed E-state index contributed by atoms with van der Waals surface area (Å²) in [4.78, 5) is 16.9. The Balaban J connectivity index is 1.80. The molecule has 1 amide bonds. The number of carbonyl (C=O) groups excluding carboxylic acids is 1. The van der Waals surface area contributed by atoms with Crippen molar-refractivity contribution in [3.63, 3.8) is 0 Å². The summed E-state index contributed by atoms with van der Waals surface area (Å²) in [5, 5.41) is 3.72. The molecular weight excluding hydrogens is 336 g/mol. The van der Waals surface area contributed by atoms with E-state index in [1.807, 2.05) is 66.9 Å². The Hall–Kier alpha value is -2.37. The first-order valence-electron chi connectivity index (χ1n) is 7.40. The lowest BCUT2D eigenvalue weighted by molar-refractivity contribution is -0.111. The van der Waals surface area contributed by atoms with Gasteiger partial charge in [-0.3, -0.25) is 4.79 Å². The van der Waals surface area contributed by atoms with Gasteiger partial charge in [0.2, 0.25) is 5.91 Å². The van der Waals surface area contributed by atoms with Crippen LogP contribution >= 0.6 is 23.1 Å². The molecule has 5 heteroatoms. The second-order valence-electron chi connectivity index (χ2n) is 4.96. The quantitative estimate of drug-likeness (QED) is 0.508. The van der Waals surface area contributed by atoms with E-state index in [0.717, 1.165) is 26.2 Å². The average molecular weight is 352 g/mol. The third kappa shape index (κ3) is 4.13. The van der Waals surface area contributed by atoms with Crippen molar-refractivity contribution in [2.75, 3.05) is 11.6 Å². The zero-order valence-corrected chi connectivity index (χ0v) is 14.7. The molecule has 0 saturated heterocycles. The van der Waals surface area contributed by atoms with Gasteiger partial charge in [-0.25, -0.2) is 4.98 Å². The van der Waals surface area contributed by atoms with E-state index in [0.29, 0.717) is 0 Å². The average Bonchev–Trinajstić information content (AvgIpc) is 3.04. The second kappa shape index (κ2) is 7.95. The Morgan fingerprint density at radius 2 is 1.75 bits per heavy atom. The van der Waals surface area contributed by atoms with Gasteiger partial charge in [-0.2, -0.15) is 0 Å². The third-order valence-electron chi connectivity index (χ3n) is 3.29. The Bertz CT molecular complexity index is 842. The second-order valence-corrected chi connectivity index (χ2v) is 7.01. The molecule has 0 spiro atoms. The molecule has 0 saturated carbocycles. The standard InChI is InChI=1S/C19H16N2OS2/c1-23-19-21-17(15-10-6-3-7-11-15)18(24-19)20-16(22)13-12-14-8-4-2-5-9-14/h2-13H,1H3,(H,20,22). The van der Waals surface area contributed by atoms with E-state index < -0.39 is 0 Å². The smallest absolute Gasteiger partial charge is 0.249 e. The Kier molecular flexibility index (Phi) is 5.46. The van der Waals surface area contributed by atoms with E-state index in [9.17, 15) is 4.79 Å². The molecule has 0 atom stereocenters. The lowest BCUT2D eigenvalue weighted by Crippen LogP contribution is -2.07. The van der Waals surface area contributed by atoms with Crippen molar-refractivity contribution in [2.24, 2.45) is 0 Å². The van der Waals surface area contributed by atoms with E-state index in [1.54, 1.807) is 23.9 Å². The summed E-state index contributed by atoms with van der Waals surface area (Å²) in [5.74, 6) is -0.160. The first kappa shape index (κ1) is 16.5. The molecule has 0 bridgehead atoms. The minimum Gasteiger partial charge on any atom is -0.312 e. The van der Waals surface area contributed by atoms with Crippen molar-refractivity contribution >= 4 is 40.1 Å². The zero-order valence-electron chi connectivity index (χ0n) is 13.1. The molecular formula is C19H16N2OS2. The molecule has 1 aromatic heterocycles. The zero-order chi connectivity index (χ0) is 16.8. The van der Waals surface area contributed by atoms with E-state index in [2.05, 4.69) is 10.3 Å². The topological polar surface area (TPSA) is 42.0 Å². The van der Waals surface area contributed by atoms with E-state index >= 15 is 0 Å². The summed E-state index contributed by atoms with van der Waals surface area (Å²) in [6.07, 6.45) is 5.32. The van der Waals surface area contributed by atoms with Gasteiger partial charge in [0.15, 0.2) is 4.34 Å². The molecule has 3 rings (SSSR count). The van der Waals surface area contributed by atoms with Crippen LogP contribution in [-0.2, 0) is 4.79 Å². The highest BCUT2D eigenvalue weighted by molar-refractivity contribution is 8.00. The van der Waals surface area contributed by atoms with Gasteiger partial charge in [-0.05, 0) is 17.9 Å². The lowest BCUT2D eigenvalue weighted by Gasteiger charge is -2.02. The van der Waals surface area contributed by atoms with Crippen molar-refractivity contribution in [1.29, 1.82) is 0 Å². The number of thiazole rings is 1. The maximum atomic E-state index is 12.2. The van der Waals surface area contributed by atoms with Crippen LogP contribution < -0.4 is 5.32 Å². The van der Waals surface area contributed by atoms with E-state index in [-0.39, 0.29) is 5.91 Å². The van der Waals surface area contributed by atoms with Crippen molar-refractivity contribution in [2.45, 2.75) is 4.34 Å². The van der Waals surface area contributed by atoms with Gasteiger partial charge in [0.25, 0.3) is 0 Å². The molecule has 1 heterocycles.